The van der Waals surface area contributed by atoms with E-state index in [2.05, 4.69) is 33.0 Å². The Labute approximate surface area is 107 Å². The molecule has 0 aliphatic heterocycles. The van der Waals surface area contributed by atoms with Crippen LogP contribution in [0.5, 0.6) is 0 Å². The van der Waals surface area contributed by atoms with E-state index in [4.69, 9.17) is 9.47 Å². The van der Waals surface area contributed by atoms with Gasteiger partial charge in [-0.1, -0.05) is 34.1 Å². The van der Waals surface area contributed by atoms with Gasteiger partial charge in [0, 0.05) is 12.6 Å². The van der Waals surface area contributed by atoms with E-state index in [0.717, 1.165) is 32.8 Å². The molecule has 1 N–H and O–H groups in total. The summed E-state index contributed by atoms with van der Waals surface area (Å²) in [7, 11) is 0. The van der Waals surface area contributed by atoms with Crippen LogP contribution in [-0.2, 0) is 9.47 Å². The van der Waals surface area contributed by atoms with Crippen molar-refractivity contribution in [2.45, 2.75) is 53.0 Å². The van der Waals surface area contributed by atoms with E-state index in [0.29, 0.717) is 18.6 Å². The van der Waals surface area contributed by atoms with Crippen molar-refractivity contribution in [2.24, 2.45) is 5.92 Å². The molecule has 0 heterocycles. The van der Waals surface area contributed by atoms with Gasteiger partial charge in [0.05, 0.1) is 19.8 Å². The van der Waals surface area contributed by atoms with Crippen LogP contribution in [0.1, 0.15) is 47.0 Å². The highest BCUT2D eigenvalue weighted by molar-refractivity contribution is 4.69. The monoisotopic (exact) mass is 245 g/mol. The number of unbranched alkanes of at least 4 members (excludes halogenated alkanes) is 1. The molecule has 17 heavy (non-hydrogen) atoms. The lowest BCUT2D eigenvalue weighted by Gasteiger charge is -2.22. The Hall–Kier alpha value is -0.120. The van der Waals surface area contributed by atoms with Crippen LogP contribution in [-0.4, -0.2) is 39.0 Å². The van der Waals surface area contributed by atoms with Crippen molar-refractivity contribution >= 4 is 0 Å². The van der Waals surface area contributed by atoms with Gasteiger partial charge in [0.15, 0.2) is 0 Å². The normalized spacial score (nSPS) is 13.2. The summed E-state index contributed by atoms with van der Waals surface area (Å²) >= 11 is 0. The Morgan fingerprint density at radius 3 is 2.24 bits per heavy atom. The maximum atomic E-state index is 5.65. The molecule has 0 aliphatic rings. The van der Waals surface area contributed by atoms with Gasteiger partial charge in [0.2, 0.25) is 0 Å². The molecule has 0 saturated carbocycles. The van der Waals surface area contributed by atoms with Gasteiger partial charge < -0.3 is 14.8 Å². The van der Waals surface area contributed by atoms with Crippen LogP contribution in [0.4, 0.5) is 0 Å². The second kappa shape index (κ2) is 12.3. The van der Waals surface area contributed by atoms with E-state index < -0.39 is 0 Å². The van der Waals surface area contributed by atoms with E-state index in [1.165, 1.54) is 12.8 Å². The van der Waals surface area contributed by atoms with Crippen molar-refractivity contribution in [3.63, 3.8) is 0 Å². The van der Waals surface area contributed by atoms with Crippen molar-refractivity contribution in [1.82, 2.24) is 5.32 Å². The Kier molecular flexibility index (Phi) is 12.3. The number of nitrogens with one attached hydrogen (secondary N) is 1. The van der Waals surface area contributed by atoms with E-state index >= 15 is 0 Å². The smallest absolute Gasteiger partial charge is 0.0701 e. The minimum Gasteiger partial charge on any atom is -0.379 e. The maximum Gasteiger partial charge on any atom is 0.0701 e. The standard InChI is InChI=1S/C14H31NO2/c1-5-7-9-16-10-11-17-12-14(13(3)4)15-8-6-2/h13-15H,5-12H2,1-4H3. The van der Waals surface area contributed by atoms with Crippen LogP contribution in [0, 0.1) is 5.92 Å². The lowest BCUT2D eigenvalue weighted by atomic mass is 10.1. The summed E-state index contributed by atoms with van der Waals surface area (Å²) < 4.78 is 11.1. The summed E-state index contributed by atoms with van der Waals surface area (Å²) in [5.74, 6) is 0.613. The van der Waals surface area contributed by atoms with Gasteiger partial charge in [-0.05, 0) is 25.3 Å². The Morgan fingerprint density at radius 2 is 1.65 bits per heavy atom. The molecule has 0 bridgehead atoms. The number of hydrogen-bond donors (Lipinski definition) is 1. The molecular weight excluding hydrogens is 214 g/mol. The summed E-state index contributed by atoms with van der Waals surface area (Å²) in [5, 5.41) is 3.51. The molecule has 1 unspecified atom stereocenters. The molecule has 104 valence electrons. The fraction of sp³-hybridized carbons (Fsp3) is 1.00. The average Bonchev–Trinajstić information content (AvgIpc) is 2.31. The maximum absolute atomic E-state index is 5.65. The first kappa shape index (κ1) is 16.9. The number of rotatable bonds is 12. The van der Waals surface area contributed by atoms with Crippen molar-refractivity contribution < 1.29 is 9.47 Å². The van der Waals surface area contributed by atoms with E-state index in [1.807, 2.05) is 0 Å². The van der Waals surface area contributed by atoms with Crippen LogP contribution < -0.4 is 5.32 Å². The highest BCUT2D eigenvalue weighted by atomic mass is 16.5. The van der Waals surface area contributed by atoms with Gasteiger partial charge in [-0.3, -0.25) is 0 Å². The summed E-state index contributed by atoms with van der Waals surface area (Å²) in [6.45, 7) is 13.0. The highest BCUT2D eigenvalue weighted by Gasteiger charge is 2.11. The third-order valence-corrected chi connectivity index (χ3v) is 2.77. The lowest BCUT2D eigenvalue weighted by molar-refractivity contribution is 0.0333. The second-order valence-corrected chi connectivity index (χ2v) is 4.85. The third kappa shape index (κ3) is 10.7. The largest absolute Gasteiger partial charge is 0.379 e. The van der Waals surface area contributed by atoms with Gasteiger partial charge >= 0.3 is 0 Å². The molecule has 0 aromatic rings. The third-order valence-electron chi connectivity index (χ3n) is 2.77. The van der Waals surface area contributed by atoms with Crippen molar-refractivity contribution in [1.29, 1.82) is 0 Å². The molecule has 0 aliphatic carbocycles. The predicted molar refractivity (Wildman–Crippen MR) is 73.5 cm³/mol. The van der Waals surface area contributed by atoms with Gasteiger partial charge in [0.1, 0.15) is 0 Å². The van der Waals surface area contributed by atoms with Crippen molar-refractivity contribution in [3.05, 3.63) is 0 Å². The van der Waals surface area contributed by atoms with Crippen LogP contribution in [0.3, 0.4) is 0 Å². The second-order valence-electron chi connectivity index (χ2n) is 4.85. The first-order chi connectivity index (χ1) is 8.22. The Bertz CT molecular complexity index is 151. The minimum atomic E-state index is 0.464. The Balaban J connectivity index is 3.41. The molecule has 0 spiro atoms. The first-order valence-corrected chi connectivity index (χ1v) is 7.11. The summed E-state index contributed by atoms with van der Waals surface area (Å²) in [6, 6.07) is 0.464. The zero-order chi connectivity index (χ0) is 12.9. The van der Waals surface area contributed by atoms with Crippen LogP contribution in [0.2, 0.25) is 0 Å². The van der Waals surface area contributed by atoms with Gasteiger partial charge in [0.25, 0.3) is 0 Å². The molecule has 0 radical (unpaired) electrons. The molecular formula is C14H31NO2. The molecule has 3 heteroatoms. The average molecular weight is 245 g/mol. The molecule has 1 atom stereocenters. The number of hydrogen-bond acceptors (Lipinski definition) is 3. The molecule has 3 nitrogen and oxygen atoms in total. The molecule has 0 rings (SSSR count). The fourth-order valence-electron chi connectivity index (χ4n) is 1.49. The van der Waals surface area contributed by atoms with Gasteiger partial charge in [-0.2, -0.15) is 0 Å². The molecule has 0 aromatic carbocycles. The van der Waals surface area contributed by atoms with E-state index in [-0.39, 0.29) is 0 Å². The summed E-state index contributed by atoms with van der Waals surface area (Å²) in [6.07, 6.45) is 3.51. The fourth-order valence-corrected chi connectivity index (χ4v) is 1.49. The first-order valence-electron chi connectivity index (χ1n) is 7.11. The van der Waals surface area contributed by atoms with Gasteiger partial charge in [-0.15, -0.1) is 0 Å². The molecule has 0 fully saturated rings. The minimum absolute atomic E-state index is 0.464. The SMILES string of the molecule is CCCCOCCOCC(NCCC)C(C)C. The topological polar surface area (TPSA) is 30.5 Å². The van der Waals surface area contributed by atoms with Crippen LogP contribution >= 0.6 is 0 Å². The highest BCUT2D eigenvalue weighted by Crippen LogP contribution is 2.02. The molecule has 0 aromatic heterocycles. The number of ether oxygens (including phenoxy) is 2. The summed E-state index contributed by atoms with van der Waals surface area (Å²) in [4.78, 5) is 0. The van der Waals surface area contributed by atoms with Crippen molar-refractivity contribution in [3.8, 4) is 0 Å². The zero-order valence-electron chi connectivity index (χ0n) is 12.1. The van der Waals surface area contributed by atoms with Crippen LogP contribution in [0.25, 0.3) is 0 Å². The summed E-state index contributed by atoms with van der Waals surface area (Å²) in [5.41, 5.74) is 0. The quantitative estimate of drug-likeness (QED) is 0.536. The van der Waals surface area contributed by atoms with Crippen LogP contribution in [0.15, 0.2) is 0 Å². The van der Waals surface area contributed by atoms with E-state index in [1.54, 1.807) is 0 Å². The Morgan fingerprint density at radius 1 is 0.941 bits per heavy atom. The van der Waals surface area contributed by atoms with E-state index in [9.17, 15) is 0 Å². The molecule has 0 amide bonds. The lowest BCUT2D eigenvalue weighted by Crippen LogP contribution is -2.38. The zero-order valence-corrected chi connectivity index (χ0v) is 12.1. The predicted octanol–water partition coefficient (Wildman–Crippen LogP) is 2.84. The van der Waals surface area contributed by atoms with Crippen molar-refractivity contribution in [2.75, 3.05) is 33.0 Å². The van der Waals surface area contributed by atoms with Gasteiger partial charge in [-0.25, -0.2) is 0 Å². The molecule has 0 saturated heterocycles.